The van der Waals surface area contributed by atoms with Crippen molar-refractivity contribution < 1.29 is 38.2 Å². The van der Waals surface area contributed by atoms with Crippen molar-refractivity contribution in [2.45, 2.75) is 70.3 Å². The van der Waals surface area contributed by atoms with Gasteiger partial charge in [0.1, 0.15) is 22.9 Å². The van der Waals surface area contributed by atoms with E-state index in [1.165, 1.54) is 54.6 Å². The molecule has 21 heteroatoms. The number of nitrogens with zero attached hydrogens (tertiary/aromatic N) is 4. The van der Waals surface area contributed by atoms with Crippen molar-refractivity contribution in [3.05, 3.63) is 129 Å². The van der Waals surface area contributed by atoms with E-state index in [0.29, 0.717) is 41.7 Å². The highest BCUT2D eigenvalue weighted by Gasteiger charge is 2.27. The third kappa shape index (κ3) is 14.6. The molecule has 5 aromatic carbocycles. The lowest BCUT2D eigenvalue weighted by Gasteiger charge is -2.15. The fraction of sp³-hybridized carbons (Fsp3) is 0.265. The van der Waals surface area contributed by atoms with Gasteiger partial charge in [0.05, 0.1) is 45.1 Å². The molecule has 0 saturated carbocycles. The first-order valence-corrected chi connectivity index (χ1v) is 23.7. The van der Waals surface area contributed by atoms with Crippen molar-refractivity contribution in [3.63, 3.8) is 0 Å². The molecule has 0 radical (unpaired) electrons. The van der Waals surface area contributed by atoms with Gasteiger partial charge in [-0.05, 0) is 125 Å². The molecule has 4 amide bonds. The molecular weight excluding hydrogens is 1010 g/mol. The summed E-state index contributed by atoms with van der Waals surface area (Å²) in [7, 11) is 0. The number of nitrogens with one attached hydrogen (secondary N) is 4. The van der Waals surface area contributed by atoms with Crippen LogP contribution < -0.4 is 30.7 Å². The van der Waals surface area contributed by atoms with E-state index in [0.717, 1.165) is 25.0 Å². The van der Waals surface area contributed by atoms with Gasteiger partial charge in [-0.2, -0.15) is 20.5 Å². The largest absolute Gasteiger partial charge is 0.494 e. The summed E-state index contributed by atoms with van der Waals surface area (Å²) in [4.78, 5) is 79.0. The maximum absolute atomic E-state index is 13.5. The maximum Gasteiger partial charge on any atom is 0.258 e. The fourth-order valence-electron chi connectivity index (χ4n) is 6.48. The number of rotatable bonds is 21. The number of carbonyl (C=O) groups excluding carboxylic acids is 6. The Kier molecular flexibility index (Phi) is 19.8. The normalized spacial score (nSPS) is 13.0. The third-order valence-corrected chi connectivity index (χ3v) is 11.5. The highest BCUT2D eigenvalue weighted by atomic mass is 35.5. The van der Waals surface area contributed by atoms with E-state index in [1.807, 2.05) is 13.8 Å². The van der Waals surface area contributed by atoms with E-state index in [2.05, 4.69) is 41.7 Å². The smallest absolute Gasteiger partial charge is 0.258 e. The Morgan fingerprint density at radius 1 is 0.571 bits per heavy atom. The number of Topliss-reactive ketones (excluding diaryl/α,β-unsaturated/α-hetero) is 2. The molecule has 70 heavy (non-hydrogen) atoms. The molecule has 4 atom stereocenters. The second-order valence-corrected chi connectivity index (χ2v) is 17.6. The number of hydrogen-bond acceptors (Lipinski definition) is 12. The van der Waals surface area contributed by atoms with Gasteiger partial charge in [0.2, 0.25) is 12.1 Å². The van der Waals surface area contributed by atoms with Crippen LogP contribution in [0.3, 0.4) is 0 Å². The van der Waals surface area contributed by atoms with Gasteiger partial charge in [0.15, 0.2) is 11.6 Å². The van der Waals surface area contributed by atoms with Gasteiger partial charge < -0.3 is 30.7 Å². The Morgan fingerprint density at radius 3 is 1.41 bits per heavy atom. The number of anilines is 4. The summed E-state index contributed by atoms with van der Waals surface area (Å²) in [5.41, 5.74) is 3.03. The second kappa shape index (κ2) is 25.4. The number of halogens is 5. The number of amides is 4. The number of hydrogen-bond donors (Lipinski definition) is 4. The number of ketones is 2. The van der Waals surface area contributed by atoms with Crippen LogP contribution in [0.1, 0.15) is 89.7 Å². The maximum atomic E-state index is 13.5. The topological polar surface area (TPSA) is 218 Å². The molecule has 0 aliphatic rings. The molecule has 0 aliphatic heterocycles. The molecule has 4 unspecified atom stereocenters. The predicted molar refractivity (Wildman–Crippen MR) is 274 cm³/mol. The van der Waals surface area contributed by atoms with Gasteiger partial charge in [-0.25, -0.2) is 0 Å². The van der Waals surface area contributed by atoms with Crippen molar-refractivity contribution in [1.82, 2.24) is 0 Å². The van der Waals surface area contributed by atoms with E-state index in [4.69, 9.17) is 67.5 Å². The lowest BCUT2D eigenvalue weighted by atomic mass is 10.1. The van der Waals surface area contributed by atoms with Crippen LogP contribution in [-0.4, -0.2) is 60.5 Å². The first-order chi connectivity index (χ1) is 33.3. The Morgan fingerprint density at radius 2 is 1.01 bits per heavy atom. The Hall–Kier alpha value is -6.43. The molecule has 4 N–H and O–H groups in total. The van der Waals surface area contributed by atoms with Gasteiger partial charge in [0.25, 0.3) is 23.6 Å². The molecule has 0 bridgehead atoms. The zero-order chi connectivity index (χ0) is 51.2. The summed E-state index contributed by atoms with van der Waals surface area (Å²) in [6.45, 7) is 10.3. The van der Waals surface area contributed by atoms with Crippen LogP contribution in [-0.2, 0) is 25.1 Å². The standard InChI is InChI=1S/C49H47Cl5N8O8/c1-7-69-35-20-29(25(3)51)17-33(22-35)56-46(65)37-11-9-13-40(42(37)53)59-61-44(27(5)63)48(67)55-32-15-16-39(31(19-32)24-50)58-49(68)45(28(6)64)62-60-41-14-10-12-38(43(41)54)47(66)57-34-18-30(26(4)52)21-36(23-34)70-8-2/h9-23,25-26,44-45H,7-8,24H2,1-6H3,(H,55,67)(H,56,65)(H,57,66)(H,58,68). The summed E-state index contributed by atoms with van der Waals surface area (Å²) in [5, 5.41) is 25.9. The van der Waals surface area contributed by atoms with Crippen molar-refractivity contribution in [3.8, 4) is 11.5 Å². The summed E-state index contributed by atoms with van der Waals surface area (Å²) in [5.74, 6) is -3.35. The van der Waals surface area contributed by atoms with E-state index >= 15 is 0 Å². The highest BCUT2D eigenvalue weighted by molar-refractivity contribution is 6.37. The molecule has 5 aromatic rings. The SMILES string of the molecule is CCOc1cc(NC(=O)c2cccc(N=NC(C(C)=O)C(=O)Nc3ccc(NC(=O)C(N=Nc4cccc(C(=O)Nc5cc(OCC)cc(C(C)Cl)c5)c4Cl)C(C)=O)c(CCl)c3)c2Cl)cc(C(C)Cl)c1. The number of benzene rings is 5. The van der Waals surface area contributed by atoms with Crippen LogP contribution in [0.5, 0.6) is 11.5 Å². The van der Waals surface area contributed by atoms with Crippen LogP contribution >= 0.6 is 58.0 Å². The fourth-order valence-corrected chi connectivity index (χ4v) is 7.45. The quantitative estimate of drug-likeness (QED) is 0.0314. The van der Waals surface area contributed by atoms with Gasteiger partial charge in [0, 0.05) is 40.8 Å². The first kappa shape index (κ1) is 54.5. The van der Waals surface area contributed by atoms with Crippen molar-refractivity contribution >= 4 is 127 Å². The molecule has 5 rings (SSSR count). The van der Waals surface area contributed by atoms with Crippen molar-refractivity contribution in [2.24, 2.45) is 20.5 Å². The zero-order valence-corrected chi connectivity index (χ0v) is 42.3. The van der Waals surface area contributed by atoms with Crippen LogP contribution in [0.4, 0.5) is 34.1 Å². The average Bonchev–Trinajstić information content (AvgIpc) is 3.30. The summed E-state index contributed by atoms with van der Waals surface area (Å²) < 4.78 is 11.2. The molecule has 0 aliphatic carbocycles. The Bertz CT molecular complexity index is 2860. The summed E-state index contributed by atoms with van der Waals surface area (Å²) in [6, 6.07) is 20.1. The van der Waals surface area contributed by atoms with E-state index in [-0.39, 0.29) is 60.6 Å². The minimum absolute atomic E-state index is 0.00722. The Balaban J connectivity index is 1.27. The minimum atomic E-state index is -1.65. The van der Waals surface area contributed by atoms with Crippen LogP contribution in [0.15, 0.2) is 111 Å². The summed E-state index contributed by atoms with van der Waals surface area (Å²) in [6.07, 6.45) is 0. The molecule has 366 valence electrons. The van der Waals surface area contributed by atoms with E-state index in [1.54, 1.807) is 50.2 Å². The minimum Gasteiger partial charge on any atom is -0.494 e. The van der Waals surface area contributed by atoms with E-state index < -0.39 is 47.3 Å². The predicted octanol–water partition coefficient (Wildman–Crippen LogP) is 13.0. The number of azo groups is 2. The Labute approximate surface area is 428 Å². The molecular formula is C49H47Cl5N8O8. The molecule has 16 nitrogen and oxygen atoms in total. The monoisotopic (exact) mass is 1050 g/mol. The van der Waals surface area contributed by atoms with Gasteiger partial charge >= 0.3 is 0 Å². The molecule has 0 saturated heterocycles. The molecule has 0 aromatic heterocycles. The second-order valence-electron chi connectivity index (χ2n) is 15.3. The van der Waals surface area contributed by atoms with Crippen LogP contribution in [0.2, 0.25) is 10.0 Å². The lowest BCUT2D eigenvalue weighted by Crippen LogP contribution is -2.32. The summed E-state index contributed by atoms with van der Waals surface area (Å²) >= 11 is 32.1. The molecule has 0 heterocycles. The third-order valence-electron chi connectivity index (χ3n) is 9.96. The average molecular weight is 1050 g/mol. The van der Waals surface area contributed by atoms with Gasteiger partial charge in [-0.3, -0.25) is 28.8 Å². The molecule has 0 fully saturated rings. The number of alkyl halides is 3. The lowest BCUT2D eigenvalue weighted by molar-refractivity contribution is -0.127. The van der Waals surface area contributed by atoms with Gasteiger partial charge in [-0.1, -0.05) is 35.3 Å². The van der Waals surface area contributed by atoms with Crippen molar-refractivity contribution in [2.75, 3.05) is 34.5 Å². The van der Waals surface area contributed by atoms with Crippen LogP contribution in [0, 0.1) is 0 Å². The van der Waals surface area contributed by atoms with E-state index in [9.17, 15) is 28.8 Å². The number of carbonyl (C=O) groups is 6. The van der Waals surface area contributed by atoms with Crippen molar-refractivity contribution in [1.29, 1.82) is 0 Å². The first-order valence-electron chi connectivity index (χ1n) is 21.5. The number of ether oxygens (including phenoxy) is 2. The molecule has 0 spiro atoms. The highest BCUT2D eigenvalue weighted by Crippen LogP contribution is 2.34. The van der Waals surface area contributed by atoms with Crippen LogP contribution in [0.25, 0.3) is 0 Å². The van der Waals surface area contributed by atoms with Gasteiger partial charge in [-0.15, -0.1) is 34.8 Å². The zero-order valence-electron chi connectivity index (χ0n) is 38.5.